The first-order valence-electron chi connectivity index (χ1n) is 6.74. The molecule has 0 radical (unpaired) electrons. The van der Waals surface area contributed by atoms with Crippen LogP contribution in [0.5, 0.6) is 0 Å². The number of nitrogens with one attached hydrogen (secondary N) is 1. The molecule has 20 heavy (non-hydrogen) atoms. The summed E-state index contributed by atoms with van der Waals surface area (Å²) < 4.78 is 28.4. The van der Waals surface area contributed by atoms with Crippen LogP contribution in [0.3, 0.4) is 0 Å². The number of hydrogen-bond acceptors (Lipinski definition) is 2. The molecule has 1 aromatic carbocycles. The van der Waals surface area contributed by atoms with Crippen molar-refractivity contribution in [3.63, 3.8) is 0 Å². The highest BCUT2D eigenvalue weighted by molar-refractivity contribution is 5.34. The van der Waals surface area contributed by atoms with E-state index in [2.05, 4.69) is 10.3 Å². The molecule has 1 unspecified atom stereocenters. The Kier molecular flexibility index (Phi) is 4.79. The first-order valence-corrected chi connectivity index (χ1v) is 6.74. The Labute approximate surface area is 117 Å². The van der Waals surface area contributed by atoms with Crippen molar-refractivity contribution < 1.29 is 8.78 Å². The summed E-state index contributed by atoms with van der Waals surface area (Å²) in [5.74, 6) is -1.06. The maximum absolute atomic E-state index is 14.3. The molecule has 0 aliphatic heterocycles. The highest BCUT2D eigenvalue weighted by Crippen LogP contribution is 2.27. The summed E-state index contributed by atoms with van der Waals surface area (Å²) in [4.78, 5) is 4.22. The van der Waals surface area contributed by atoms with Crippen LogP contribution in [0.25, 0.3) is 0 Å². The van der Waals surface area contributed by atoms with Gasteiger partial charge < -0.3 is 5.32 Å². The Hall–Kier alpha value is -1.81. The molecular formula is C16H18F2N2. The molecule has 2 aromatic rings. The zero-order chi connectivity index (χ0) is 14.5. The third-order valence-corrected chi connectivity index (χ3v) is 3.19. The van der Waals surface area contributed by atoms with Gasteiger partial charge in [0.2, 0.25) is 0 Å². The molecule has 0 saturated carbocycles. The first-order chi connectivity index (χ1) is 9.65. The summed E-state index contributed by atoms with van der Waals surface area (Å²) in [7, 11) is 0. The van der Waals surface area contributed by atoms with E-state index in [1.807, 2.05) is 13.0 Å². The summed E-state index contributed by atoms with van der Waals surface area (Å²) in [6.45, 7) is 4.30. The van der Waals surface area contributed by atoms with Crippen molar-refractivity contribution in [3.8, 4) is 0 Å². The average Bonchev–Trinajstić information content (AvgIpc) is 2.47. The highest BCUT2D eigenvalue weighted by Gasteiger charge is 2.23. The van der Waals surface area contributed by atoms with Crippen LogP contribution in [0.2, 0.25) is 0 Å². The molecule has 0 spiro atoms. The summed E-state index contributed by atoms with van der Waals surface area (Å²) in [5, 5.41) is 3.17. The maximum Gasteiger partial charge on any atom is 0.134 e. The number of aromatic nitrogens is 1. The standard InChI is InChI=1S/C16H18F2N2/c1-3-9-20-16(13-6-4-5-10-19-13)14-12(17)8-7-11(2)15(14)18/h4-8,10,16,20H,3,9H2,1-2H3. The summed E-state index contributed by atoms with van der Waals surface area (Å²) >= 11 is 0. The molecule has 1 atom stereocenters. The van der Waals surface area contributed by atoms with E-state index >= 15 is 0 Å². The van der Waals surface area contributed by atoms with Crippen molar-refractivity contribution in [2.45, 2.75) is 26.3 Å². The lowest BCUT2D eigenvalue weighted by atomic mass is 9.99. The number of pyridine rings is 1. The average molecular weight is 276 g/mol. The van der Waals surface area contributed by atoms with Gasteiger partial charge in [-0.2, -0.15) is 0 Å². The number of rotatable bonds is 5. The fourth-order valence-corrected chi connectivity index (χ4v) is 2.13. The van der Waals surface area contributed by atoms with Crippen LogP contribution in [0.1, 0.15) is 36.2 Å². The van der Waals surface area contributed by atoms with Gasteiger partial charge in [0.15, 0.2) is 0 Å². The zero-order valence-electron chi connectivity index (χ0n) is 11.7. The Morgan fingerprint density at radius 2 is 2.00 bits per heavy atom. The molecular weight excluding hydrogens is 258 g/mol. The molecule has 1 N–H and O–H groups in total. The van der Waals surface area contributed by atoms with E-state index in [0.717, 1.165) is 6.42 Å². The van der Waals surface area contributed by atoms with Gasteiger partial charge in [-0.3, -0.25) is 4.98 Å². The van der Waals surface area contributed by atoms with Gasteiger partial charge in [0.25, 0.3) is 0 Å². The van der Waals surface area contributed by atoms with Gasteiger partial charge >= 0.3 is 0 Å². The number of nitrogens with zero attached hydrogens (tertiary/aromatic N) is 1. The zero-order valence-corrected chi connectivity index (χ0v) is 11.7. The second-order valence-electron chi connectivity index (χ2n) is 4.73. The molecule has 0 aliphatic carbocycles. The molecule has 1 aromatic heterocycles. The molecule has 1 heterocycles. The molecule has 0 fully saturated rings. The van der Waals surface area contributed by atoms with Crippen molar-refractivity contribution in [2.75, 3.05) is 6.54 Å². The second kappa shape index (κ2) is 6.57. The molecule has 0 amide bonds. The first kappa shape index (κ1) is 14.6. The minimum Gasteiger partial charge on any atom is -0.305 e. The molecule has 4 heteroatoms. The molecule has 0 saturated heterocycles. The fourth-order valence-electron chi connectivity index (χ4n) is 2.13. The Balaban J connectivity index is 2.49. The number of hydrogen-bond donors (Lipinski definition) is 1. The summed E-state index contributed by atoms with van der Waals surface area (Å²) in [6, 6.07) is 7.55. The largest absolute Gasteiger partial charge is 0.305 e. The monoisotopic (exact) mass is 276 g/mol. The smallest absolute Gasteiger partial charge is 0.134 e. The van der Waals surface area contributed by atoms with E-state index in [0.29, 0.717) is 17.8 Å². The number of halogens is 2. The van der Waals surface area contributed by atoms with Crippen LogP contribution < -0.4 is 5.32 Å². The van der Waals surface area contributed by atoms with Crippen LogP contribution in [-0.4, -0.2) is 11.5 Å². The third kappa shape index (κ3) is 3.02. The molecule has 0 aliphatic rings. The highest BCUT2D eigenvalue weighted by atomic mass is 19.1. The Bertz CT molecular complexity index is 570. The number of benzene rings is 1. The second-order valence-corrected chi connectivity index (χ2v) is 4.73. The Morgan fingerprint density at radius 1 is 1.20 bits per heavy atom. The van der Waals surface area contributed by atoms with Crippen molar-refractivity contribution in [1.82, 2.24) is 10.3 Å². The van der Waals surface area contributed by atoms with E-state index in [9.17, 15) is 8.78 Å². The van der Waals surface area contributed by atoms with Gasteiger partial charge in [-0.15, -0.1) is 0 Å². The maximum atomic E-state index is 14.3. The van der Waals surface area contributed by atoms with Gasteiger partial charge in [0.05, 0.1) is 11.7 Å². The lowest BCUT2D eigenvalue weighted by Crippen LogP contribution is -2.26. The van der Waals surface area contributed by atoms with E-state index in [1.165, 1.54) is 12.1 Å². The Morgan fingerprint density at radius 3 is 2.65 bits per heavy atom. The minimum absolute atomic E-state index is 0.0390. The van der Waals surface area contributed by atoms with Crippen LogP contribution in [0.15, 0.2) is 36.5 Å². The van der Waals surface area contributed by atoms with E-state index in [1.54, 1.807) is 25.3 Å². The van der Waals surface area contributed by atoms with E-state index in [-0.39, 0.29) is 5.56 Å². The molecule has 2 rings (SSSR count). The van der Waals surface area contributed by atoms with Gasteiger partial charge in [-0.05, 0) is 43.7 Å². The lowest BCUT2D eigenvalue weighted by molar-refractivity contribution is 0.494. The third-order valence-electron chi connectivity index (χ3n) is 3.19. The molecule has 2 nitrogen and oxygen atoms in total. The van der Waals surface area contributed by atoms with Gasteiger partial charge in [-0.25, -0.2) is 8.78 Å². The topological polar surface area (TPSA) is 24.9 Å². The van der Waals surface area contributed by atoms with Crippen molar-refractivity contribution >= 4 is 0 Å². The van der Waals surface area contributed by atoms with E-state index < -0.39 is 17.7 Å². The quantitative estimate of drug-likeness (QED) is 0.899. The fraction of sp³-hybridized carbons (Fsp3) is 0.312. The molecule has 106 valence electrons. The molecule has 0 bridgehead atoms. The van der Waals surface area contributed by atoms with Crippen LogP contribution in [0.4, 0.5) is 8.78 Å². The van der Waals surface area contributed by atoms with Crippen molar-refractivity contribution in [3.05, 3.63) is 65.0 Å². The predicted molar refractivity (Wildman–Crippen MR) is 75.5 cm³/mol. The van der Waals surface area contributed by atoms with Crippen LogP contribution in [-0.2, 0) is 0 Å². The predicted octanol–water partition coefficient (Wildman–Crippen LogP) is 3.76. The van der Waals surface area contributed by atoms with Crippen molar-refractivity contribution in [2.24, 2.45) is 0 Å². The normalized spacial score (nSPS) is 12.4. The lowest BCUT2D eigenvalue weighted by Gasteiger charge is -2.20. The van der Waals surface area contributed by atoms with Crippen molar-refractivity contribution in [1.29, 1.82) is 0 Å². The van der Waals surface area contributed by atoms with Gasteiger partial charge in [-0.1, -0.05) is 19.1 Å². The van der Waals surface area contributed by atoms with Gasteiger partial charge in [0, 0.05) is 11.8 Å². The van der Waals surface area contributed by atoms with Gasteiger partial charge in [0.1, 0.15) is 11.6 Å². The SMILES string of the molecule is CCCNC(c1ccccn1)c1c(F)ccc(C)c1F. The van der Waals surface area contributed by atoms with Crippen LogP contribution >= 0.6 is 0 Å². The summed E-state index contributed by atoms with van der Waals surface area (Å²) in [6.07, 6.45) is 2.50. The minimum atomic E-state index is -0.573. The van der Waals surface area contributed by atoms with Crippen LogP contribution in [0, 0.1) is 18.6 Å². The summed E-state index contributed by atoms with van der Waals surface area (Å²) in [5.41, 5.74) is 1.09. The van der Waals surface area contributed by atoms with E-state index in [4.69, 9.17) is 0 Å². The number of aryl methyl sites for hydroxylation is 1.